The van der Waals surface area contributed by atoms with E-state index in [1.807, 2.05) is 39.9 Å². The molecule has 36 heavy (non-hydrogen) atoms. The Kier molecular flexibility index (Phi) is 7.18. The third kappa shape index (κ3) is 5.45. The molecule has 0 amide bonds. The second-order valence-electron chi connectivity index (χ2n) is 8.56. The van der Waals surface area contributed by atoms with Crippen molar-refractivity contribution in [2.24, 2.45) is 0 Å². The Labute approximate surface area is 212 Å². The van der Waals surface area contributed by atoms with Crippen LogP contribution in [-0.4, -0.2) is 36.2 Å². The molecule has 4 rings (SSSR count). The van der Waals surface area contributed by atoms with Gasteiger partial charge in [0.2, 0.25) is 0 Å². The first-order valence-electron chi connectivity index (χ1n) is 11.5. The van der Waals surface area contributed by atoms with Gasteiger partial charge in [0.05, 0.1) is 33.2 Å². The molecule has 0 bridgehead atoms. The summed E-state index contributed by atoms with van der Waals surface area (Å²) in [5.74, 6) is 6.34. The number of aryl methyl sites for hydroxylation is 4. The molecule has 0 unspecified atom stereocenters. The van der Waals surface area contributed by atoms with Crippen molar-refractivity contribution < 1.29 is 8.42 Å². The van der Waals surface area contributed by atoms with E-state index >= 15 is 0 Å². The van der Waals surface area contributed by atoms with Crippen LogP contribution in [0.3, 0.4) is 0 Å². The normalized spacial score (nSPS) is 11.0. The zero-order chi connectivity index (χ0) is 25.9. The SMILES string of the molecule is Bc1ccc(S(=O)(=O)Nc2cc(C#Cc3c(CC)ncnc3-c3ccnc(C)c3)cnc2C)c(C)c1. The number of benzene rings is 1. The molecule has 0 saturated heterocycles. The molecule has 3 heterocycles. The molecule has 7 nitrogen and oxygen atoms in total. The standard InChI is InChI=1S/C27H26BN5O2S/c1-5-24-23(27(32-16-31-24)21-10-11-29-18(3)13-21)8-6-20-14-25(19(4)30-15-20)33-36(34,35)26-9-7-22(28)12-17(26)2/h7,9-16,33H,5,28H2,1-4H3. The van der Waals surface area contributed by atoms with E-state index in [0.717, 1.165) is 33.7 Å². The summed E-state index contributed by atoms with van der Waals surface area (Å²) in [6.45, 7) is 7.47. The Balaban J connectivity index is 1.72. The molecule has 0 aliphatic heterocycles. The second kappa shape index (κ2) is 10.3. The molecule has 0 atom stereocenters. The third-order valence-electron chi connectivity index (χ3n) is 5.71. The average molecular weight is 495 g/mol. The molecule has 3 aromatic heterocycles. The van der Waals surface area contributed by atoms with Crippen molar-refractivity contribution >= 4 is 29.0 Å². The number of pyridine rings is 2. The van der Waals surface area contributed by atoms with Gasteiger partial charge in [-0.15, -0.1) is 0 Å². The van der Waals surface area contributed by atoms with Crippen molar-refractivity contribution in [2.75, 3.05) is 4.72 Å². The monoisotopic (exact) mass is 495 g/mol. The van der Waals surface area contributed by atoms with Crippen molar-refractivity contribution in [3.05, 3.63) is 88.9 Å². The summed E-state index contributed by atoms with van der Waals surface area (Å²) in [5, 5.41) is 0. The molecule has 1 N–H and O–H groups in total. The zero-order valence-electron chi connectivity index (χ0n) is 20.9. The van der Waals surface area contributed by atoms with E-state index in [4.69, 9.17) is 0 Å². The first-order chi connectivity index (χ1) is 17.2. The van der Waals surface area contributed by atoms with E-state index < -0.39 is 10.0 Å². The summed E-state index contributed by atoms with van der Waals surface area (Å²) < 4.78 is 28.9. The summed E-state index contributed by atoms with van der Waals surface area (Å²) in [4.78, 5) is 17.8. The highest BCUT2D eigenvalue weighted by Crippen LogP contribution is 2.24. The van der Waals surface area contributed by atoms with Crippen LogP contribution in [0.15, 0.2) is 60.0 Å². The van der Waals surface area contributed by atoms with Crippen LogP contribution in [0, 0.1) is 32.6 Å². The van der Waals surface area contributed by atoms with Crippen LogP contribution in [0.5, 0.6) is 0 Å². The smallest absolute Gasteiger partial charge is 0.262 e. The van der Waals surface area contributed by atoms with Gasteiger partial charge in [0, 0.05) is 29.2 Å². The maximum absolute atomic E-state index is 13.1. The van der Waals surface area contributed by atoms with Crippen molar-refractivity contribution in [3.63, 3.8) is 0 Å². The number of rotatable bonds is 5. The maximum atomic E-state index is 13.1. The van der Waals surface area contributed by atoms with Crippen molar-refractivity contribution in [2.45, 2.75) is 39.0 Å². The highest BCUT2D eigenvalue weighted by Gasteiger charge is 2.18. The third-order valence-corrected chi connectivity index (χ3v) is 7.24. The van der Waals surface area contributed by atoms with Crippen LogP contribution in [0.4, 0.5) is 5.69 Å². The lowest BCUT2D eigenvalue weighted by molar-refractivity contribution is 0.600. The first kappa shape index (κ1) is 25.1. The van der Waals surface area contributed by atoms with Crippen LogP contribution in [0.25, 0.3) is 11.3 Å². The summed E-state index contributed by atoms with van der Waals surface area (Å²) in [6.07, 6.45) is 5.61. The lowest BCUT2D eigenvalue weighted by Gasteiger charge is -2.12. The molecule has 1 aromatic carbocycles. The second-order valence-corrected chi connectivity index (χ2v) is 10.2. The molecule has 0 aliphatic carbocycles. The number of hydrogen-bond acceptors (Lipinski definition) is 6. The van der Waals surface area contributed by atoms with Crippen molar-refractivity contribution in [1.29, 1.82) is 0 Å². The number of nitrogens with zero attached hydrogens (tertiary/aromatic N) is 4. The molecule has 180 valence electrons. The Morgan fingerprint density at radius 1 is 0.972 bits per heavy atom. The zero-order valence-corrected chi connectivity index (χ0v) is 21.7. The van der Waals surface area contributed by atoms with Crippen LogP contribution in [0.2, 0.25) is 0 Å². The van der Waals surface area contributed by atoms with Crippen LogP contribution < -0.4 is 10.2 Å². The fourth-order valence-electron chi connectivity index (χ4n) is 3.87. The predicted octanol–water partition coefficient (Wildman–Crippen LogP) is 2.88. The topological polar surface area (TPSA) is 97.7 Å². The quantitative estimate of drug-likeness (QED) is 0.338. The number of aromatic nitrogens is 4. The highest BCUT2D eigenvalue weighted by atomic mass is 32.2. The molecule has 4 aromatic rings. The van der Waals surface area contributed by atoms with Crippen molar-refractivity contribution in [3.8, 4) is 23.1 Å². The Morgan fingerprint density at radius 2 is 1.78 bits per heavy atom. The Bertz CT molecular complexity index is 1630. The summed E-state index contributed by atoms with van der Waals surface area (Å²) in [7, 11) is -1.86. The van der Waals surface area contributed by atoms with Crippen molar-refractivity contribution in [1.82, 2.24) is 19.9 Å². The van der Waals surface area contributed by atoms with Gasteiger partial charge in [0.1, 0.15) is 14.2 Å². The summed E-state index contributed by atoms with van der Waals surface area (Å²) >= 11 is 0. The first-order valence-corrected chi connectivity index (χ1v) is 13.0. The van der Waals surface area contributed by atoms with E-state index in [-0.39, 0.29) is 4.90 Å². The summed E-state index contributed by atoms with van der Waals surface area (Å²) in [6, 6.07) is 10.8. The molecule has 0 fully saturated rings. The molecule has 0 saturated carbocycles. The minimum absolute atomic E-state index is 0.232. The fourth-order valence-corrected chi connectivity index (χ4v) is 5.21. The number of anilines is 1. The molecular weight excluding hydrogens is 469 g/mol. The molecular formula is C27H26BN5O2S. The van der Waals surface area contributed by atoms with E-state index in [1.165, 1.54) is 0 Å². The Hall–Kier alpha value is -4.03. The highest BCUT2D eigenvalue weighted by molar-refractivity contribution is 7.92. The lowest BCUT2D eigenvalue weighted by atomic mass is 9.95. The van der Waals surface area contributed by atoms with Gasteiger partial charge in [0.25, 0.3) is 10.0 Å². The van der Waals surface area contributed by atoms with E-state index in [0.29, 0.717) is 28.9 Å². The van der Waals surface area contributed by atoms with Gasteiger partial charge in [-0.25, -0.2) is 18.4 Å². The van der Waals surface area contributed by atoms with E-state index in [1.54, 1.807) is 50.8 Å². The van der Waals surface area contributed by atoms with Crippen LogP contribution in [0.1, 0.15) is 40.7 Å². The van der Waals surface area contributed by atoms with Gasteiger partial charge < -0.3 is 0 Å². The number of nitrogens with one attached hydrogen (secondary N) is 1. The number of sulfonamides is 1. The van der Waals surface area contributed by atoms with Gasteiger partial charge in [0.15, 0.2) is 0 Å². The molecule has 0 aliphatic rings. The predicted molar refractivity (Wildman–Crippen MR) is 144 cm³/mol. The minimum Gasteiger partial charge on any atom is -0.278 e. The lowest BCUT2D eigenvalue weighted by Crippen LogP contribution is -2.17. The molecule has 9 heteroatoms. The minimum atomic E-state index is -3.79. The fraction of sp³-hybridized carbons (Fsp3) is 0.185. The van der Waals surface area contributed by atoms with Gasteiger partial charge in [-0.05, 0) is 57.0 Å². The van der Waals surface area contributed by atoms with Gasteiger partial charge in [-0.2, -0.15) is 0 Å². The average Bonchev–Trinajstić information content (AvgIpc) is 2.84. The van der Waals surface area contributed by atoms with E-state index in [9.17, 15) is 8.42 Å². The van der Waals surface area contributed by atoms with Gasteiger partial charge >= 0.3 is 0 Å². The largest absolute Gasteiger partial charge is 0.278 e. The van der Waals surface area contributed by atoms with E-state index in [2.05, 4.69) is 36.5 Å². The molecule has 0 spiro atoms. The van der Waals surface area contributed by atoms with Crippen LogP contribution in [-0.2, 0) is 16.4 Å². The maximum Gasteiger partial charge on any atom is 0.262 e. The summed E-state index contributed by atoms with van der Waals surface area (Å²) in [5.41, 5.74) is 7.27. The van der Waals surface area contributed by atoms with Gasteiger partial charge in [-0.3, -0.25) is 14.7 Å². The molecule has 0 radical (unpaired) electrons. The Morgan fingerprint density at radius 3 is 2.50 bits per heavy atom. The number of hydrogen-bond donors (Lipinski definition) is 1. The van der Waals surface area contributed by atoms with Gasteiger partial charge in [-0.1, -0.05) is 36.4 Å². The van der Waals surface area contributed by atoms with Crippen LogP contribution >= 0.6 is 0 Å².